The van der Waals surface area contributed by atoms with Gasteiger partial charge in [-0.2, -0.15) is 0 Å². The van der Waals surface area contributed by atoms with Crippen molar-refractivity contribution in [2.45, 2.75) is 13.0 Å². The Morgan fingerprint density at radius 2 is 2.14 bits per heavy atom. The molecule has 1 aromatic carbocycles. The van der Waals surface area contributed by atoms with E-state index in [0.29, 0.717) is 12.1 Å². The van der Waals surface area contributed by atoms with E-state index in [0.717, 1.165) is 30.3 Å². The summed E-state index contributed by atoms with van der Waals surface area (Å²) in [6, 6.07) is 7.01. The minimum atomic E-state index is -0.230. The number of nitrogens with one attached hydrogen (secondary N) is 2. The lowest BCUT2D eigenvalue weighted by Gasteiger charge is -2.13. The maximum atomic E-state index is 12.0. The van der Waals surface area contributed by atoms with E-state index in [1.54, 1.807) is 24.3 Å². The molecule has 22 heavy (non-hydrogen) atoms. The van der Waals surface area contributed by atoms with Crippen LogP contribution in [0, 0.1) is 0 Å². The fourth-order valence-electron chi connectivity index (χ4n) is 2.10. The molecular weight excluding hydrogens is 302 g/mol. The van der Waals surface area contributed by atoms with E-state index in [4.69, 9.17) is 0 Å². The lowest BCUT2D eigenvalue weighted by Crippen LogP contribution is -2.28. The summed E-state index contributed by atoms with van der Waals surface area (Å²) in [6.07, 6.45) is 0.857. The maximum Gasteiger partial charge on any atom is 0.289 e. The Labute approximate surface area is 133 Å². The van der Waals surface area contributed by atoms with Gasteiger partial charge in [-0.1, -0.05) is 23.9 Å². The predicted octanol–water partition coefficient (Wildman–Crippen LogP) is 1.22. The second-order valence-electron chi connectivity index (χ2n) is 4.95. The fraction of sp³-hybridized carbons (Fsp3) is 0.400. The fourth-order valence-corrected chi connectivity index (χ4v) is 2.82. The van der Waals surface area contributed by atoms with Gasteiger partial charge in [0.25, 0.3) is 11.1 Å². The lowest BCUT2D eigenvalue weighted by molar-refractivity contribution is -0.125. The van der Waals surface area contributed by atoms with Crippen LogP contribution in [0.5, 0.6) is 0 Å². The molecule has 0 saturated carbocycles. The molecule has 0 aliphatic carbocycles. The molecule has 0 atom stereocenters. The van der Waals surface area contributed by atoms with Gasteiger partial charge in [0.05, 0.1) is 12.3 Å². The number of imide groups is 1. The molecule has 1 aliphatic heterocycles. The molecule has 118 valence electrons. The van der Waals surface area contributed by atoms with E-state index in [9.17, 15) is 14.4 Å². The minimum Gasteiger partial charge on any atom is -0.352 e. The predicted molar refractivity (Wildman–Crippen MR) is 85.7 cm³/mol. The highest BCUT2D eigenvalue weighted by molar-refractivity contribution is 8.14. The first-order valence-corrected chi connectivity index (χ1v) is 8.09. The number of carbonyl (C=O) groups is 3. The van der Waals surface area contributed by atoms with E-state index in [1.807, 2.05) is 7.05 Å². The van der Waals surface area contributed by atoms with Crippen LogP contribution in [-0.2, 0) is 11.3 Å². The van der Waals surface area contributed by atoms with Gasteiger partial charge >= 0.3 is 0 Å². The number of hydrogen-bond acceptors (Lipinski definition) is 5. The van der Waals surface area contributed by atoms with Crippen LogP contribution in [-0.4, -0.2) is 47.8 Å². The first-order valence-electron chi connectivity index (χ1n) is 7.10. The average molecular weight is 321 g/mol. The van der Waals surface area contributed by atoms with Gasteiger partial charge in [0.2, 0.25) is 5.91 Å². The normalized spacial score (nSPS) is 14.5. The van der Waals surface area contributed by atoms with Crippen LogP contribution in [0.4, 0.5) is 4.79 Å². The van der Waals surface area contributed by atoms with E-state index in [2.05, 4.69) is 10.6 Å². The van der Waals surface area contributed by atoms with Crippen LogP contribution in [0.25, 0.3) is 0 Å². The van der Waals surface area contributed by atoms with Gasteiger partial charge in [-0.15, -0.1) is 0 Å². The molecule has 0 radical (unpaired) electrons. The standard InChI is InChI=1S/C15H19N3O3S/c1-16-6-3-7-17-14(20)12-5-2-4-11(8-12)9-18-13(19)10-22-15(18)21/h2,4-5,8,16H,3,6-7,9-10H2,1H3,(H,17,20). The summed E-state index contributed by atoms with van der Waals surface area (Å²) in [4.78, 5) is 36.5. The van der Waals surface area contributed by atoms with Crippen molar-refractivity contribution in [1.29, 1.82) is 0 Å². The molecule has 1 aliphatic rings. The molecule has 2 rings (SSSR count). The van der Waals surface area contributed by atoms with Crippen LogP contribution in [0.1, 0.15) is 22.3 Å². The van der Waals surface area contributed by atoms with Gasteiger partial charge in [-0.25, -0.2) is 0 Å². The van der Waals surface area contributed by atoms with Crippen molar-refractivity contribution in [3.63, 3.8) is 0 Å². The summed E-state index contributed by atoms with van der Waals surface area (Å²) >= 11 is 1.01. The van der Waals surface area contributed by atoms with E-state index < -0.39 is 0 Å². The Kier molecular flexibility index (Phi) is 5.97. The van der Waals surface area contributed by atoms with E-state index in [1.165, 1.54) is 4.90 Å². The Morgan fingerprint density at radius 1 is 1.32 bits per heavy atom. The second kappa shape index (κ2) is 7.95. The maximum absolute atomic E-state index is 12.0. The molecular formula is C15H19N3O3S. The van der Waals surface area contributed by atoms with Crippen molar-refractivity contribution < 1.29 is 14.4 Å². The monoisotopic (exact) mass is 321 g/mol. The summed E-state index contributed by atoms with van der Waals surface area (Å²) in [6.45, 7) is 1.66. The van der Waals surface area contributed by atoms with Crippen molar-refractivity contribution in [2.24, 2.45) is 0 Å². The summed E-state index contributed by atoms with van der Waals surface area (Å²) in [7, 11) is 1.87. The third kappa shape index (κ3) is 4.32. The third-order valence-corrected chi connectivity index (χ3v) is 4.12. The Morgan fingerprint density at radius 3 is 2.82 bits per heavy atom. The minimum absolute atomic E-state index is 0.147. The largest absolute Gasteiger partial charge is 0.352 e. The van der Waals surface area contributed by atoms with Gasteiger partial charge in [-0.05, 0) is 37.7 Å². The highest BCUT2D eigenvalue weighted by atomic mass is 32.2. The van der Waals surface area contributed by atoms with Gasteiger partial charge in [0.1, 0.15) is 0 Å². The third-order valence-electron chi connectivity index (χ3n) is 3.26. The lowest BCUT2D eigenvalue weighted by atomic mass is 10.1. The summed E-state index contributed by atoms with van der Waals surface area (Å²) in [5, 5.41) is 5.63. The number of amides is 3. The SMILES string of the molecule is CNCCCNC(=O)c1cccc(CN2C(=O)CSC2=O)c1. The Balaban J connectivity index is 1.96. The second-order valence-corrected chi connectivity index (χ2v) is 5.87. The number of rotatable bonds is 7. The molecule has 0 spiro atoms. The zero-order valence-electron chi connectivity index (χ0n) is 12.4. The molecule has 6 nitrogen and oxygen atoms in total. The van der Waals surface area contributed by atoms with Gasteiger partial charge in [0.15, 0.2) is 0 Å². The van der Waals surface area contributed by atoms with Crippen molar-refractivity contribution in [1.82, 2.24) is 15.5 Å². The molecule has 0 aromatic heterocycles. The first-order chi connectivity index (χ1) is 10.6. The van der Waals surface area contributed by atoms with Crippen LogP contribution < -0.4 is 10.6 Å². The number of nitrogens with zero attached hydrogens (tertiary/aromatic N) is 1. The molecule has 1 saturated heterocycles. The average Bonchev–Trinajstić information content (AvgIpc) is 2.83. The molecule has 1 aromatic rings. The highest BCUT2D eigenvalue weighted by Gasteiger charge is 2.29. The number of carbonyl (C=O) groups excluding carboxylic acids is 3. The van der Waals surface area contributed by atoms with Crippen LogP contribution in [0.2, 0.25) is 0 Å². The van der Waals surface area contributed by atoms with Crippen LogP contribution >= 0.6 is 11.8 Å². The zero-order valence-corrected chi connectivity index (χ0v) is 13.2. The van der Waals surface area contributed by atoms with Crippen molar-refractivity contribution in [3.05, 3.63) is 35.4 Å². The Bertz CT molecular complexity index is 561. The quantitative estimate of drug-likeness (QED) is 0.738. The molecule has 0 bridgehead atoms. The number of hydrogen-bond donors (Lipinski definition) is 2. The van der Waals surface area contributed by atoms with Crippen LogP contribution in [0.3, 0.4) is 0 Å². The van der Waals surface area contributed by atoms with Crippen LogP contribution in [0.15, 0.2) is 24.3 Å². The molecule has 0 unspecified atom stereocenters. The first kappa shape index (κ1) is 16.5. The molecule has 7 heteroatoms. The molecule has 3 amide bonds. The van der Waals surface area contributed by atoms with Crippen molar-refractivity contribution >= 4 is 28.8 Å². The van der Waals surface area contributed by atoms with Gasteiger partial charge < -0.3 is 10.6 Å². The topological polar surface area (TPSA) is 78.5 Å². The molecule has 2 N–H and O–H groups in total. The number of thioether (sulfide) groups is 1. The van der Waals surface area contributed by atoms with Crippen molar-refractivity contribution in [2.75, 3.05) is 25.9 Å². The van der Waals surface area contributed by atoms with E-state index >= 15 is 0 Å². The Hall–Kier alpha value is -1.86. The van der Waals surface area contributed by atoms with Crippen molar-refractivity contribution in [3.8, 4) is 0 Å². The van der Waals surface area contributed by atoms with Gasteiger partial charge in [-0.3, -0.25) is 19.3 Å². The highest BCUT2D eigenvalue weighted by Crippen LogP contribution is 2.21. The number of benzene rings is 1. The molecule has 1 heterocycles. The zero-order chi connectivity index (χ0) is 15.9. The van der Waals surface area contributed by atoms with E-state index in [-0.39, 0.29) is 29.4 Å². The van der Waals surface area contributed by atoms with Gasteiger partial charge in [0, 0.05) is 12.1 Å². The molecule has 1 fully saturated rings. The smallest absolute Gasteiger partial charge is 0.289 e. The summed E-state index contributed by atoms with van der Waals surface area (Å²) in [5.74, 6) is -0.131. The summed E-state index contributed by atoms with van der Waals surface area (Å²) < 4.78 is 0. The summed E-state index contributed by atoms with van der Waals surface area (Å²) in [5.41, 5.74) is 1.31.